The highest BCUT2D eigenvalue weighted by Crippen LogP contribution is 2.33. The van der Waals surface area contributed by atoms with Gasteiger partial charge in [0.15, 0.2) is 0 Å². The minimum atomic E-state index is 0.432. The highest BCUT2D eigenvalue weighted by Gasteiger charge is 2.09. The molecular formula is C14H12N2O. The minimum Gasteiger partial charge on any atom is -0.496 e. The van der Waals surface area contributed by atoms with Gasteiger partial charge in [-0.1, -0.05) is 30.3 Å². The minimum absolute atomic E-state index is 0.432. The first-order chi connectivity index (χ1) is 8.26. The lowest BCUT2D eigenvalue weighted by Gasteiger charge is -2.10. The molecule has 0 atom stereocenters. The Bertz CT molecular complexity index is 571. The van der Waals surface area contributed by atoms with Gasteiger partial charge in [-0.2, -0.15) is 5.26 Å². The molecule has 0 bridgehead atoms. The molecule has 0 aliphatic carbocycles. The van der Waals surface area contributed by atoms with Crippen LogP contribution < -0.4 is 10.5 Å². The SMILES string of the molecule is COc1cc(C#N)c(N)cc1-c1ccccc1. The van der Waals surface area contributed by atoms with E-state index in [0.717, 1.165) is 11.1 Å². The molecule has 0 spiro atoms. The van der Waals surface area contributed by atoms with Gasteiger partial charge in [0.1, 0.15) is 11.8 Å². The normalized spacial score (nSPS) is 9.65. The molecule has 17 heavy (non-hydrogen) atoms. The molecule has 3 heteroatoms. The summed E-state index contributed by atoms with van der Waals surface area (Å²) < 4.78 is 5.29. The van der Waals surface area contributed by atoms with E-state index in [2.05, 4.69) is 0 Å². The van der Waals surface area contributed by atoms with Crippen LogP contribution in [0.25, 0.3) is 11.1 Å². The number of hydrogen-bond donors (Lipinski definition) is 1. The van der Waals surface area contributed by atoms with Crippen molar-refractivity contribution in [3.8, 4) is 22.9 Å². The van der Waals surface area contributed by atoms with Crippen LogP contribution in [0.15, 0.2) is 42.5 Å². The standard InChI is InChI=1S/C14H12N2O/c1-17-14-7-11(9-15)13(16)8-12(14)10-5-3-2-4-6-10/h2-8H,16H2,1H3. The molecule has 0 amide bonds. The summed E-state index contributed by atoms with van der Waals surface area (Å²) in [5.41, 5.74) is 8.62. The summed E-state index contributed by atoms with van der Waals surface area (Å²) in [4.78, 5) is 0. The number of nitrogen functional groups attached to an aromatic ring is 1. The number of methoxy groups -OCH3 is 1. The smallest absolute Gasteiger partial charge is 0.128 e. The van der Waals surface area contributed by atoms with Gasteiger partial charge < -0.3 is 10.5 Å². The van der Waals surface area contributed by atoms with Gasteiger partial charge >= 0.3 is 0 Å². The number of anilines is 1. The van der Waals surface area contributed by atoms with Crippen LogP contribution in [0.1, 0.15) is 5.56 Å². The molecule has 3 nitrogen and oxygen atoms in total. The van der Waals surface area contributed by atoms with E-state index in [9.17, 15) is 0 Å². The van der Waals surface area contributed by atoms with Crippen molar-refractivity contribution in [2.24, 2.45) is 0 Å². The molecule has 0 fully saturated rings. The zero-order chi connectivity index (χ0) is 12.3. The van der Waals surface area contributed by atoms with Crippen molar-refractivity contribution in [1.29, 1.82) is 5.26 Å². The van der Waals surface area contributed by atoms with Crippen LogP contribution in [-0.2, 0) is 0 Å². The molecule has 84 valence electrons. The maximum Gasteiger partial charge on any atom is 0.128 e. The predicted molar refractivity (Wildman–Crippen MR) is 67.6 cm³/mol. The number of benzene rings is 2. The lowest BCUT2D eigenvalue weighted by Crippen LogP contribution is -1.95. The number of nitrogens with two attached hydrogens (primary N) is 1. The van der Waals surface area contributed by atoms with E-state index in [1.165, 1.54) is 0 Å². The fourth-order valence-corrected chi connectivity index (χ4v) is 1.71. The fraction of sp³-hybridized carbons (Fsp3) is 0.0714. The topological polar surface area (TPSA) is 59.0 Å². The van der Waals surface area contributed by atoms with Gasteiger partial charge in [-0.15, -0.1) is 0 Å². The second kappa shape index (κ2) is 4.58. The first-order valence-electron chi connectivity index (χ1n) is 5.19. The molecule has 0 unspecified atom stereocenters. The average Bonchev–Trinajstić information content (AvgIpc) is 2.39. The second-order valence-electron chi connectivity index (χ2n) is 3.62. The van der Waals surface area contributed by atoms with Crippen molar-refractivity contribution in [2.45, 2.75) is 0 Å². The summed E-state index contributed by atoms with van der Waals surface area (Å²) >= 11 is 0. The predicted octanol–water partition coefficient (Wildman–Crippen LogP) is 2.82. The van der Waals surface area contributed by atoms with Crippen LogP contribution >= 0.6 is 0 Å². The summed E-state index contributed by atoms with van der Waals surface area (Å²) in [7, 11) is 1.58. The van der Waals surface area contributed by atoms with Crippen LogP contribution in [0, 0.1) is 11.3 Å². The average molecular weight is 224 g/mol. The fourth-order valence-electron chi connectivity index (χ4n) is 1.71. The summed E-state index contributed by atoms with van der Waals surface area (Å²) in [5.74, 6) is 0.655. The molecule has 0 aliphatic rings. The third kappa shape index (κ3) is 2.06. The first-order valence-corrected chi connectivity index (χ1v) is 5.19. The van der Waals surface area contributed by atoms with E-state index in [1.54, 1.807) is 19.2 Å². The lowest BCUT2D eigenvalue weighted by atomic mass is 10.0. The number of hydrogen-bond acceptors (Lipinski definition) is 3. The monoisotopic (exact) mass is 224 g/mol. The Hall–Kier alpha value is -2.47. The summed E-state index contributed by atoms with van der Waals surface area (Å²) in [6.07, 6.45) is 0. The van der Waals surface area contributed by atoms with Crippen molar-refractivity contribution in [1.82, 2.24) is 0 Å². The number of nitrogens with zero attached hydrogens (tertiary/aromatic N) is 1. The molecule has 0 aliphatic heterocycles. The summed E-state index contributed by atoms with van der Waals surface area (Å²) in [6, 6.07) is 15.3. The Morgan fingerprint density at radius 2 is 1.88 bits per heavy atom. The van der Waals surface area contributed by atoms with E-state index in [0.29, 0.717) is 17.0 Å². The van der Waals surface area contributed by atoms with Crippen LogP contribution in [0.3, 0.4) is 0 Å². The van der Waals surface area contributed by atoms with Gasteiger partial charge in [-0.3, -0.25) is 0 Å². The van der Waals surface area contributed by atoms with Crippen LogP contribution in [0.2, 0.25) is 0 Å². The Balaban J connectivity index is 2.63. The number of nitriles is 1. The highest BCUT2D eigenvalue weighted by atomic mass is 16.5. The van der Waals surface area contributed by atoms with Crippen molar-refractivity contribution < 1.29 is 4.74 Å². The molecular weight excluding hydrogens is 212 g/mol. The molecule has 0 saturated heterocycles. The molecule has 0 heterocycles. The Labute approximate surface area is 100 Å². The Morgan fingerprint density at radius 3 is 2.47 bits per heavy atom. The van der Waals surface area contributed by atoms with Gasteiger partial charge in [0.25, 0.3) is 0 Å². The van der Waals surface area contributed by atoms with Gasteiger partial charge in [0.05, 0.1) is 18.4 Å². The van der Waals surface area contributed by atoms with Gasteiger partial charge in [-0.05, 0) is 11.6 Å². The third-order valence-electron chi connectivity index (χ3n) is 2.58. The first kappa shape index (κ1) is 11.0. The summed E-state index contributed by atoms with van der Waals surface area (Å²) in [6.45, 7) is 0. The lowest BCUT2D eigenvalue weighted by molar-refractivity contribution is 0.416. The van der Waals surface area contributed by atoms with Crippen LogP contribution in [-0.4, -0.2) is 7.11 Å². The molecule has 2 aromatic rings. The maximum absolute atomic E-state index is 8.91. The molecule has 0 aromatic heterocycles. The largest absolute Gasteiger partial charge is 0.496 e. The molecule has 2 aromatic carbocycles. The van der Waals surface area contributed by atoms with Crippen LogP contribution in [0.4, 0.5) is 5.69 Å². The van der Waals surface area contributed by atoms with Crippen molar-refractivity contribution in [2.75, 3.05) is 12.8 Å². The number of rotatable bonds is 2. The van der Waals surface area contributed by atoms with E-state index >= 15 is 0 Å². The van der Waals surface area contributed by atoms with Crippen LogP contribution in [0.5, 0.6) is 5.75 Å². The second-order valence-corrected chi connectivity index (χ2v) is 3.62. The molecule has 0 saturated carbocycles. The quantitative estimate of drug-likeness (QED) is 0.798. The zero-order valence-electron chi connectivity index (χ0n) is 9.47. The van der Waals surface area contributed by atoms with Crippen molar-refractivity contribution >= 4 is 5.69 Å². The molecule has 0 radical (unpaired) electrons. The van der Waals surface area contributed by atoms with Crippen molar-refractivity contribution in [3.05, 3.63) is 48.0 Å². The van der Waals surface area contributed by atoms with Gasteiger partial charge in [-0.25, -0.2) is 0 Å². The third-order valence-corrected chi connectivity index (χ3v) is 2.58. The van der Waals surface area contributed by atoms with E-state index < -0.39 is 0 Å². The molecule has 2 N–H and O–H groups in total. The van der Waals surface area contributed by atoms with Crippen molar-refractivity contribution in [3.63, 3.8) is 0 Å². The van der Waals surface area contributed by atoms with E-state index in [4.69, 9.17) is 15.7 Å². The maximum atomic E-state index is 8.91. The van der Waals surface area contributed by atoms with Gasteiger partial charge in [0, 0.05) is 11.6 Å². The molecule has 2 rings (SSSR count). The Morgan fingerprint density at radius 1 is 1.18 bits per heavy atom. The van der Waals surface area contributed by atoms with Gasteiger partial charge in [0.2, 0.25) is 0 Å². The van der Waals surface area contributed by atoms with E-state index in [1.807, 2.05) is 36.4 Å². The zero-order valence-corrected chi connectivity index (χ0v) is 9.47. The highest BCUT2D eigenvalue weighted by molar-refractivity contribution is 5.76. The van der Waals surface area contributed by atoms with E-state index in [-0.39, 0.29) is 0 Å². The summed E-state index contributed by atoms with van der Waals surface area (Å²) in [5, 5.41) is 8.91. The number of ether oxygens (including phenoxy) is 1. The Kier molecular flexibility index (Phi) is 2.97.